The molecule has 2 rings (SSSR count). The Hall–Kier alpha value is -2.37. The number of likely N-dealkylation sites (N-methyl/N-ethyl adjacent to an activating group) is 1. The third kappa shape index (κ3) is 5.07. The van der Waals surface area contributed by atoms with E-state index in [1.165, 1.54) is 6.92 Å². The lowest BCUT2D eigenvalue weighted by Gasteiger charge is -2.33. The van der Waals surface area contributed by atoms with Gasteiger partial charge in [-0.15, -0.1) is 0 Å². The van der Waals surface area contributed by atoms with Gasteiger partial charge in [-0.1, -0.05) is 19.1 Å². The van der Waals surface area contributed by atoms with Crippen molar-refractivity contribution in [2.45, 2.75) is 52.5 Å². The normalized spacial score (nSPS) is 19.5. The third-order valence-electron chi connectivity index (χ3n) is 5.05. The van der Waals surface area contributed by atoms with Gasteiger partial charge in [0.2, 0.25) is 5.91 Å². The van der Waals surface area contributed by atoms with E-state index in [0.29, 0.717) is 11.6 Å². The predicted molar refractivity (Wildman–Crippen MR) is 100.0 cm³/mol. The number of para-hydroxylation sites is 1. The topological polar surface area (TPSA) is 75.7 Å². The van der Waals surface area contributed by atoms with Gasteiger partial charge in [0.15, 0.2) is 6.61 Å². The number of hydrogen-bond acceptors (Lipinski definition) is 4. The first-order valence-corrected chi connectivity index (χ1v) is 9.09. The summed E-state index contributed by atoms with van der Waals surface area (Å²) in [6.45, 7) is 5.11. The van der Waals surface area contributed by atoms with Crippen LogP contribution in [0.1, 0.15) is 55.5 Å². The van der Waals surface area contributed by atoms with Crippen LogP contribution in [0, 0.1) is 12.8 Å². The maximum atomic E-state index is 12.4. The Morgan fingerprint density at radius 2 is 1.85 bits per heavy atom. The second kappa shape index (κ2) is 8.83. The molecule has 0 saturated heterocycles. The van der Waals surface area contributed by atoms with E-state index in [2.05, 4.69) is 12.2 Å². The van der Waals surface area contributed by atoms with Crippen molar-refractivity contribution in [2.75, 3.05) is 19.0 Å². The van der Waals surface area contributed by atoms with Gasteiger partial charge in [-0.05, 0) is 50.2 Å². The highest BCUT2D eigenvalue weighted by Gasteiger charge is 2.25. The minimum atomic E-state index is -0.614. The zero-order valence-electron chi connectivity index (χ0n) is 16.0. The van der Waals surface area contributed by atoms with Crippen LogP contribution >= 0.6 is 0 Å². The van der Waals surface area contributed by atoms with E-state index in [4.69, 9.17) is 4.74 Å². The van der Waals surface area contributed by atoms with Crippen molar-refractivity contribution in [2.24, 2.45) is 5.92 Å². The summed E-state index contributed by atoms with van der Waals surface area (Å²) in [6, 6.07) is 5.31. The molecular weight excluding hydrogens is 332 g/mol. The van der Waals surface area contributed by atoms with Gasteiger partial charge in [0.05, 0.1) is 11.3 Å². The minimum Gasteiger partial charge on any atom is -0.452 e. The molecule has 1 aliphatic rings. The largest absolute Gasteiger partial charge is 0.452 e. The third-order valence-corrected chi connectivity index (χ3v) is 5.05. The molecule has 1 aliphatic carbocycles. The number of hydrogen-bond donors (Lipinski definition) is 1. The van der Waals surface area contributed by atoms with Crippen LogP contribution in [-0.2, 0) is 14.3 Å². The first-order valence-electron chi connectivity index (χ1n) is 9.09. The number of carbonyl (C=O) groups is 3. The van der Waals surface area contributed by atoms with Crippen LogP contribution < -0.4 is 5.32 Å². The van der Waals surface area contributed by atoms with Gasteiger partial charge >= 0.3 is 5.97 Å². The molecule has 6 heteroatoms. The minimum absolute atomic E-state index is 0.202. The number of esters is 1. The summed E-state index contributed by atoms with van der Waals surface area (Å²) >= 11 is 0. The Balaban J connectivity index is 1.97. The molecule has 0 unspecified atom stereocenters. The number of carbonyl (C=O) groups excluding carboxylic acids is 3. The number of benzene rings is 1. The zero-order valence-corrected chi connectivity index (χ0v) is 16.0. The van der Waals surface area contributed by atoms with Crippen LogP contribution in [0.25, 0.3) is 0 Å². The molecule has 1 fully saturated rings. The van der Waals surface area contributed by atoms with Gasteiger partial charge in [-0.2, -0.15) is 0 Å². The smallest absolute Gasteiger partial charge is 0.340 e. The van der Waals surface area contributed by atoms with E-state index in [1.807, 2.05) is 0 Å². The number of nitrogens with one attached hydrogen (secondary N) is 1. The average molecular weight is 360 g/mol. The van der Waals surface area contributed by atoms with Crippen LogP contribution in [0.4, 0.5) is 5.69 Å². The van der Waals surface area contributed by atoms with Crippen molar-refractivity contribution < 1.29 is 19.1 Å². The summed E-state index contributed by atoms with van der Waals surface area (Å²) in [5.41, 5.74) is 1.43. The van der Waals surface area contributed by atoms with Crippen LogP contribution in [-0.4, -0.2) is 42.4 Å². The zero-order chi connectivity index (χ0) is 19.3. The predicted octanol–water partition coefficient (Wildman–Crippen LogP) is 3.15. The highest BCUT2D eigenvalue weighted by atomic mass is 16.5. The standard InChI is InChI=1S/C20H28N2O4/c1-13-8-10-16(11-9-13)22(4)18(24)12-26-20(25)17-7-5-6-14(2)19(17)21-15(3)23/h5-7,13,16H,8-12H2,1-4H3,(H,21,23). The van der Waals surface area contributed by atoms with Crippen LogP contribution in [0.3, 0.4) is 0 Å². The fourth-order valence-corrected chi connectivity index (χ4v) is 3.32. The average Bonchev–Trinajstić information content (AvgIpc) is 2.60. The van der Waals surface area contributed by atoms with Gasteiger partial charge in [0.25, 0.3) is 5.91 Å². The summed E-state index contributed by atoms with van der Waals surface area (Å²) in [7, 11) is 1.77. The number of anilines is 1. The number of ether oxygens (including phenoxy) is 1. The molecule has 1 aromatic carbocycles. The fraction of sp³-hybridized carbons (Fsp3) is 0.550. The molecule has 142 valence electrons. The summed E-state index contributed by atoms with van der Waals surface area (Å²) in [4.78, 5) is 37.8. The number of rotatable bonds is 5. The van der Waals surface area contributed by atoms with Crippen molar-refractivity contribution in [3.63, 3.8) is 0 Å². The molecule has 6 nitrogen and oxygen atoms in total. The molecule has 2 amide bonds. The lowest BCUT2D eigenvalue weighted by atomic mass is 9.87. The van der Waals surface area contributed by atoms with Crippen molar-refractivity contribution >= 4 is 23.5 Å². The van der Waals surface area contributed by atoms with E-state index in [9.17, 15) is 14.4 Å². The molecule has 1 aromatic rings. The Bertz CT molecular complexity index is 678. The summed E-state index contributed by atoms with van der Waals surface area (Å²) in [5, 5.41) is 2.65. The number of aryl methyl sites for hydroxylation is 1. The molecule has 0 radical (unpaired) electrons. The maximum Gasteiger partial charge on any atom is 0.340 e. The monoisotopic (exact) mass is 360 g/mol. The highest BCUT2D eigenvalue weighted by molar-refractivity contribution is 6.02. The van der Waals surface area contributed by atoms with E-state index < -0.39 is 5.97 Å². The molecule has 0 atom stereocenters. The lowest BCUT2D eigenvalue weighted by Crippen LogP contribution is -2.41. The molecule has 0 bridgehead atoms. The van der Waals surface area contributed by atoms with Crippen LogP contribution in [0.5, 0.6) is 0 Å². The van der Waals surface area contributed by atoms with E-state index in [0.717, 1.165) is 31.2 Å². The molecule has 26 heavy (non-hydrogen) atoms. The summed E-state index contributed by atoms with van der Waals surface area (Å²) < 4.78 is 5.22. The van der Waals surface area contributed by atoms with Crippen molar-refractivity contribution in [3.8, 4) is 0 Å². The first-order chi connectivity index (χ1) is 12.3. The molecule has 1 saturated carbocycles. The second-order valence-corrected chi connectivity index (χ2v) is 7.17. The van der Waals surface area contributed by atoms with Gasteiger partial charge in [-0.25, -0.2) is 4.79 Å². The van der Waals surface area contributed by atoms with Gasteiger partial charge in [0, 0.05) is 20.0 Å². The molecule has 0 aromatic heterocycles. The van der Waals surface area contributed by atoms with Gasteiger partial charge in [-0.3, -0.25) is 9.59 Å². The van der Waals surface area contributed by atoms with E-state index >= 15 is 0 Å². The molecular formula is C20H28N2O4. The van der Waals surface area contributed by atoms with Crippen molar-refractivity contribution in [1.82, 2.24) is 4.90 Å². The SMILES string of the molecule is CC(=O)Nc1c(C)cccc1C(=O)OCC(=O)N(C)C1CCC(C)CC1. The van der Waals surface area contributed by atoms with Crippen molar-refractivity contribution in [3.05, 3.63) is 29.3 Å². The first kappa shape index (κ1) is 19.9. The summed E-state index contributed by atoms with van der Waals surface area (Å²) in [6.07, 6.45) is 4.21. The highest BCUT2D eigenvalue weighted by Crippen LogP contribution is 2.26. The van der Waals surface area contributed by atoms with Crippen LogP contribution in [0.2, 0.25) is 0 Å². The van der Waals surface area contributed by atoms with Gasteiger partial charge in [0.1, 0.15) is 0 Å². The van der Waals surface area contributed by atoms with E-state index in [1.54, 1.807) is 37.1 Å². The quantitative estimate of drug-likeness (QED) is 0.819. The number of amides is 2. The second-order valence-electron chi connectivity index (χ2n) is 7.17. The van der Waals surface area contributed by atoms with Crippen LogP contribution in [0.15, 0.2) is 18.2 Å². The lowest BCUT2D eigenvalue weighted by molar-refractivity contribution is -0.136. The Morgan fingerprint density at radius 3 is 2.46 bits per heavy atom. The molecule has 0 aliphatic heterocycles. The molecule has 0 spiro atoms. The Labute approximate surface area is 154 Å². The Kier molecular flexibility index (Phi) is 6.77. The number of nitrogens with zero attached hydrogens (tertiary/aromatic N) is 1. The molecule has 1 N–H and O–H groups in total. The fourth-order valence-electron chi connectivity index (χ4n) is 3.32. The van der Waals surface area contributed by atoms with Crippen molar-refractivity contribution in [1.29, 1.82) is 0 Å². The van der Waals surface area contributed by atoms with E-state index in [-0.39, 0.29) is 30.0 Å². The maximum absolute atomic E-state index is 12.4. The summed E-state index contributed by atoms with van der Waals surface area (Å²) in [5.74, 6) is -0.375. The molecule has 0 heterocycles. The van der Waals surface area contributed by atoms with Gasteiger partial charge < -0.3 is 15.0 Å². The Morgan fingerprint density at radius 1 is 1.19 bits per heavy atom.